The molecule has 7 heteroatoms. The second kappa shape index (κ2) is 8.16. The quantitative estimate of drug-likeness (QED) is 0.763. The Kier molecular flexibility index (Phi) is 6.18. The van der Waals surface area contributed by atoms with Crippen LogP contribution in [0.1, 0.15) is 11.1 Å². The van der Waals surface area contributed by atoms with Gasteiger partial charge in [-0.25, -0.2) is 13.1 Å². The molecular weight excluding hydrogens is 350 g/mol. The van der Waals surface area contributed by atoms with Crippen LogP contribution in [-0.2, 0) is 14.8 Å². The van der Waals surface area contributed by atoms with E-state index in [1.807, 2.05) is 44.1 Å². The largest absolute Gasteiger partial charge is 0.378 e. The van der Waals surface area contributed by atoms with Gasteiger partial charge in [-0.05, 0) is 61.5 Å². The number of nitrogens with one attached hydrogen (secondary N) is 2. The highest BCUT2D eigenvalue weighted by Crippen LogP contribution is 2.21. The number of aryl methyl sites for hydroxylation is 1. The van der Waals surface area contributed by atoms with Gasteiger partial charge < -0.3 is 10.2 Å². The smallest absolute Gasteiger partial charge is 0.248 e. The molecule has 0 radical (unpaired) electrons. The first-order valence-electron chi connectivity index (χ1n) is 8.03. The van der Waals surface area contributed by atoms with Gasteiger partial charge in [-0.1, -0.05) is 12.1 Å². The first kappa shape index (κ1) is 19.7. The van der Waals surface area contributed by atoms with Gasteiger partial charge in [-0.2, -0.15) is 0 Å². The lowest BCUT2D eigenvalue weighted by Crippen LogP contribution is -2.18. The lowest BCUT2D eigenvalue weighted by molar-refractivity contribution is -0.111. The minimum absolute atomic E-state index is 0.179. The van der Waals surface area contributed by atoms with Gasteiger partial charge in [0.1, 0.15) is 0 Å². The highest BCUT2D eigenvalue weighted by molar-refractivity contribution is 7.89. The molecule has 2 rings (SSSR count). The molecule has 0 unspecified atom stereocenters. The maximum Gasteiger partial charge on any atom is 0.248 e. The summed E-state index contributed by atoms with van der Waals surface area (Å²) < 4.78 is 25.6. The standard InChI is InChI=1S/C19H23N3O3S/c1-14-13-16(22(3)4)8-11-18(14)21-19(23)12-7-15-5-9-17(10-6-15)26(24,25)20-2/h5-13,20H,1-4H3,(H,21,23)/b12-7+. The third-order valence-corrected chi connectivity index (χ3v) is 5.30. The minimum Gasteiger partial charge on any atom is -0.378 e. The molecule has 0 aromatic heterocycles. The summed E-state index contributed by atoms with van der Waals surface area (Å²) in [7, 11) is 1.83. The van der Waals surface area contributed by atoms with Gasteiger partial charge in [0.25, 0.3) is 0 Å². The SMILES string of the molecule is CNS(=O)(=O)c1ccc(/C=C/C(=O)Nc2ccc(N(C)C)cc2C)cc1. The Morgan fingerprint density at radius 1 is 1.08 bits per heavy atom. The van der Waals surface area contributed by atoms with E-state index in [1.54, 1.807) is 18.2 Å². The van der Waals surface area contributed by atoms with E-state index in [2.05, 4.69) is 10.0 Å². The predicted octanol–water partition coefficient (Wildman–Crippen LogP) is 2.62. The summed E-state index contributed by atoms with van der Waals surface area (Å²) in [5, 5.41) is 2.84. The molecule has 1 amide bonds. The van der Waals surface area contributed by atoms with Crippen LogP contribution >= 0.6 is 0 Å². The molecule has 0 spiro atoms. The van der Waals surface area contributed by atoms with Crippen molar-refractivity contribution in [3.05, 3.63) is 59.7 Å². The maximum absolute atomic E-state index is 12.1. The highest BCUT2D eigenvalue weighted by atomic mass is 32.2. The predicted molar refractivity (Wildman–Crippen MR) is 106 cm³/mol. The molecule has 26 heavy (non-hydrogen) atoms. The molecule has 2 aromatic rings. The second-order valence-electron chi connectivity index (χ2n) is 5.99. The van der Waals surface area contributed by atoms with Crippen molar-refractivity contribution in [3.63, 3.8) is 0 Å². The highest BCUT2D eigenvalue weighted by Gasteiger charge is 2.10. The Morgan fingerprint density at radius 2 is 1.73 bits per heavy atom. The summed E-state index contributed by atoms with van der Waals surface area (Å²) in [6.07, 6.45) is 3.05. The number of nitrogens with zero attached hydrogens (tertiary/aromatic N) is 1. The van der Waals surface area contributed by atoms with Crippen molar-refractivity contribution >= 4 is 33.4 Å². The van der Waals surface area contributed by atoms with Crippen molar-refractivity contribution in [2.24, 2.45) is 0 Å². The molecule has 0 saturated carbocycles. The van der Waals surface area contributed by atoms with E-state index in [-0.39, 0.29) is 10.8 Å². The van der Waals surface area contributed by atoms with Gasteiger partial charge >= 0.3 is 0 Å². The summed E-state index contributed by atoms with van der Waals surface area (Å²) in [5.74, 6) is -0.252. The van der Waals surface area contributed by atoms with Crippen LogP contribution < -0.4 is 14.9 Å². The summed E-state index contributed by atoms with van der Waals surface area (Å²) in [5.41, 5.74) is 3.52. The van der Waals surface area contributed by atoms with Crippen molar-refractivity contribution in [2.75, 3.05) is 31.4 Å². The lowest BCUT2D eigenvalue weighted by Gasteiger charge is -2.15. The number of hydrogen-bond acceptors (Lipinski definition) is 4. The fraction of sp³-hybridized carbons (Fsp3) is 0.211. The lowest BCUT2D eigenvalue weighted by atomic mass is 10.1. The van der Waals surface area contributed by atoms with Crippen LogP contribution in [0.15, 0.2) is 53.4 Å². The van der Waals surface area contributed by atoms with Crippen LogP contribution in [0, 0.1) is 6.92 Å². The minimum atomic E-state index is -3.46. The molecule has 0 bridgehead atoms. The second-order valence-corrected chi connectivity index (χ2v) is 7.88. The van der Waals surface area contributed by atoms with E-state index in [0.717, 1.165) is 22.5 Å². The zero-order chi connectivity index (χ0) is 19.3. The summed E-state index contributed by atoms with van der Waals surface area (Å²) in [6, 6.07) is 12.1. The molecule has 0 aliphatic heterocycles. The molecular formula is C19H23N3O3S. The molecule has 2 N–H and O–H groups in total. The number of rotatable bonds is 6. The van der Waals surface area contributed by atoms with Gasteiger partial charge in [-0.3, -0.25) is 4.79 Å². The molecule has 0 aliphatic rings. The first-order chi connectivity index (χ1) is 12.2. The van der Waals surface area contributed by atoms with Gasteiger partial charge in [0, 0.05) is 31.5 Å². The monoisotopic (exact) mass is 373 g/mol. The number of carbonyl (C=O) groups is 1. The van der Waals surface area contributed by atoms with E-state index in [1.165, 1.54) is 25.3 Å². The number of sulfonamides is 1. The number of amides is 1. The van der Waals surface area contributed by atoms with Crippen molar-refractivity contribution in [1.29, 1.82) is 0 Å². The number of carbonyl (C=O) groups excluding carboxylic acids is 1. The van der Waals surface area contributed by atoms with Crippen molar-refractivity contribution < 1.29 is 13.2 Å². The Morgan fingerprint density at radius 3 is 2.27 bits per heavy atom. The molecule has 2 aromatic carbocycles. The fourth-order valence-electron chi connectivity index (χ4n) is 2.29. The molecule has 6 nitrogen and oxygen atoms in total. The molecule has 0 heterocycles. The number of benzene rings is 2. The number of anilines is 2. The zero-order valence-electron chi connectivity index (χ0n) is 15.3. The zero-order valence-corrected chi connectivity index (χ0v) is 16.1. The fourth-order valence-corrected chi connectivity index (χ4v) is 3.02. The average molecular weight is 373 g/mol. The van der Waals surface area contributed by atoms with Crippen LogP contribution in [0.3, 0.4) is 0 Å². The van der Waals surface area contributed by atoms with Gasteiger partial charge in [0.15, 0.2) is 0 Å². The van der Waals surface area contributed by atoms with E-state index in [0.29, 0.717) is 0 Å². The molecule has 0 aliphatic carbocycles. The third kappa shape index (κ3) is 4.93. The van der Waals surface area contributed by atoms with Crippen LogP contribution in [0.5, 0.6) is 0 Å². The summed E-state index contributed by atoms with van der Waals surface area (Å²) in [4.78, 5) is 14.3. The van der Waals surface area contributed by atoms with E-state index < -0.39 is 10.0 Å². The summed E-state index contributed by atoms with van der Waals surface area (Å²) >= 11 is 0. The van der Waals surface area contributed by atoms with E-state index >= 15 is 0 Å². The molecule has 0 atom stereocenters. The van der Waals surface area contributed by atoms with Crippen molar-refractivity contribution in [2.45, 2.75) is 11.8 Å². The third-order valence-electron chi connectivity index (χ3n) is 3.87. The van der Waals surface area contributed by atoms with Crippen LogP contribution in [0.4, 0.5) is 11.4 Å². The van der Waals surface area contributed by atoms with Crippen molar-refractivity contribution in [1.82, 2.24) is 4.72 Å². The van der Waals surface area contributed by atoms with Crippen LogP contribution in [-0.4, -0.2) is 35.5 Å². The molecule has 138 valence electrons. The van der Waals surface area contributed by atoms with E-state index in [9.17, 15) is 13.2 Å². The first-order valence-corrected chi connectivity index (χ1v) is 9.52. The number of hydrogen-bond donors (Lipinski definition) is 2. The Bertz CT molecular complexity index is 918. The average Bonchev–Trinajstić information content (AvgIpc) is 2.62. The Balaban J connectivity index is 2.06. The summed E-state index contributed by atoms with van der Waals surface area (Å²) in [6.45, 7) is 1.94. The topological polar surface area (TPSA) is 78.5 Å². The van der Waals surface area contributed by atoms with Gasteiger partial charge in [-0.15, -0.1) is 0 Å². The van der Waals surface area contributed by atoms with Crippen LogP contribution in [0.2, 0.25) is 0 Å². The van der Waals surface area contributed by atoms with Gasteiger partial charge in [0.05, 0.1) is 4.90 Å². The van der Waals surface area contributed by atoms with E-state index in [4.69, 9.17) is 0 Å². The maximum atomic E-state index is 12.1. The van der Waals surface area contributed by atoms with Crippen molar-refractivity contribution in [3.8, 4) is 0 Å². The van der Waals surface area contributed by atoms with Gasteiger partial charge in [0.2, 0.25) is 15.9 Å². The van der Waals surface area contributed by atoms with Crippen LogP contribution in [0.25, 0.3) is 6.08 Å². The molecule has 0 fully saturated rings. The Hall–Kier alpha value is -2.64. The Labute approximate surface area is 154 Å². The molecule has 0 saturated heterocycles. The normalized spacial score (nSPS) is 11.5.